The number of benzene rings is 2. The molecule has 0 aliphatic rings. The van der Waals surface area contributed by atoms with Crippen LogP contribution in [0.4, 0.5) is 0 Å². The van der Waals surface area contributed by atoms with Gasteiger partial charge in [-0.15, -0.1) is 0 Å². The standard InChI is InChI=1S/C17H18N2O2/c1-11-4-5-12(2)16(10-11)13(3)18-19-17(21)14-6-8-15(20)9-7-14/h4-10,20H,1-3H3,(H,19,21)/b18-13-. The summed E-state index contributed by atoms with van der Waals surface area (Å²) in [6, 6.07) is 12.2. The van der Waals surface area contributed by atoms with Crippen molar-refractivity contribution in [1.29, 1.82) is 0 Å². The second-order valence-electron chi connectivity index (χ2n) is 5.00. The Labute approximate surface area is 124 Å². The number of phenolic OH excluding ortho intramolecular Hbond substituents is 1. The van der Waals surface area contributed by atoms with Gasteiger partial charge in [0.2, 0.25) is 0 Å². The number of carbonyl (C=O) groups is 1. The molecule has 0 saturated heterocycles. The minimum atomic E-state index is -0.306. The van der Waals surface area contributed by atoms with E-state index in [2.05, 4.69) is 10.5 Å². The Bertz CT molecular complexity index is 688. The molecule has 21 heavy (non-hydrogen) atoms. The largest absolute Gasteiger partial charge is 0.508 e. The number of amides is 1. The zero-order valence-corrected chi connectivity index (χ0v) is 12.3. The maximum absolute atomic E-state index is 11.9. The molecule has 0 aromatic heterocycles. The van der Waals surface area contributed by atoms with Gasteiger partial charge in [0.05, 0.1) is 5.71 Å². The molecule has 0 spiro atoms. The van der Waals surface area contributed by atoms with Crippen molar-refractivity contribution < 1.29 is 9.90 Å². The van der Waals surface area contributed by atoms with Gasteiger partial charge in [-0.3, -0.25) is 4.79 Å². The van der Waals surface area contributed by atoms with E-state index in [4.69, 9.17) is 0 Å². The topological polar surface area (TPSA) is 61.7 Å². The lowest BCUT2D eigenvalue weighted by molar-refractivity contribution is 0.0955. The number of hydrogen-bond donors (Lipinski definition) is 2. The van der Waals surface area contributed by atoms with Crippen LogP contribution in [0.15, 0.2) is 47.6 Å². The summed E-state index contributed by atoms with van der Waals surface area (Å²) in [5.74, 6) is -0.179. The highest BCUT2D eigenvalue weighted by Gasteiger charge is 2.06. The lowest BCUT2D eigenvalue weighted by Gasteiger charge is -2.07. The van der Waals surface area contributed by atoms with Gasteiger partial charge in [-0.2, -0.15) is 5.10 Å². The number of aryl methyl sites for hydroxylation is 2. The van der Waals surface area contributed by atoms with E-state index in [0.717, 1.165) is 22.4 Å². The highest BCUT2D eigenvalue weighted by molar-refractivity contribution is 6.01. The maximum atomic E-state index is 11.9. The van der Waals surface area contributed by atoms with E-state index in [1.54, 1.807) is 12.1 Å². The summed E-state index contributed by atoms with van der Waals surface area (Å²) in [7, 11) is 0. The second-order valence-corrected chi connectivity index (χ2v) is 5.00. The first-order chi connectivity index (χ1) is 9.97. The Kier molecular flexibility index (Phi) is 4.38. The summed E-state index contributed by atoms with van der Waals surface area (Å²) in [6.45, 7) is 5.89. The van der Waals surface area contributed by atoms with Crippen LogP contribution in [0.5, 0.6) is 5.75 Å². The van der Waals surface area contributed by atoms with Crippen molar-refractivity contribution in [3.05, 3.63) is 64.7 Å². The number of carbonyl (C=O) groups excluding carboxylic acids is 1. The normalized spacial score (nSPS) is 11.3. The van der Waals surface area contributed by atoms with E-state index >= 15 is 0 Å². The minimum Gasteiger partial charge on any atom is -0.508 e. The van der Waals surface area contributed by atoms with Gasteiger partial charge in [0.15, 0.2) is 0 Å². The summed E-state index contributed by atoms with van der Waals surface area (Å²) in [4.78, 5) is 11.9. The van der Waals surface area contributed by atoms with Crippen LogP contribution in [-0.4, -0.2) is 16.7 Å². The van der Waals surface area contributed by atoms with E-state index in [0.29, 0.717) is 5.56 Å². The highest BCUT2D eigenvalue weighted by Crippen LogP contribution is 2.12. The predicted molar refractivity (Wildman–Crippen MR) is 83.7 cm³/mol. The van der Waals surface area contributed by atoms with Crippen molar-refractivity contribution in [2.75, 3.05) is 0 Å². The van der Waals surface area contributed by atoms with Crippen LogP contribution in [0, 0.1) is 13.8 Å². The third-order valence-electron chi connectivity index (χ3n) is 3.24. The molecular weight excluding hydrogens is 264 g/mol. The molecule has 0 bridgehead atoms. The van der Waals surface area contributed by atoms with Crippen LogP contribution in [0.1, 0.15) is 34.0 Å². The summed E-state index contributed by atoms with van der Waals surface area (Å²) < 4.78 is 0. The molecule has 0 heterocycles. The molecule has 4 nitrogen and oxygen atoms in total. The van der Waals surface area contributed by atoms with Crippen molar-refractivity contribution in [3.8, 4) is 5.75 Å². The van der Waals surface area contributed by atoms with Gasteiger partial charge in [-0.05, 0) is 56.7 Å². The molecule has 4 heteroatoms. The zero-order chi connectivity index (χ0) is 15.4. The number of aromatic hydroxyl groups is 1. The first kappa shape index (κ1) is 14.8. The van der Waals surface area contributed by atoms with Gasteiger partial charge < -0.3 is 5.11 Å². The van der Waals surface area contributed by atoms with Crippen LogP contribution in [-0.2, 0) is 0 Å². The number of nitrogens with zero attached hydrogens (tertiary/aromatic N) is 1. The quantitative estimate of drug-likeness (QED) is 0.671. The van der Waals surface area contributed by atoms with Crippen molar-refractivity contribution in [2.45, 2.75) is 20.8 Å². The molecule has 0 aliphatic carbocycles. The third-order valence-corrected chi connectivity index (χ3v) is 3.24. The lowest BCUT2D eigenvalue weighted by atomic mass is 10.0. The molecule has 2 N–H and O–H groups in total. The molecule has 0 radical (unpaired) electrons. The first-order valence-corrected chi connectivity index (χ1v) is 6.68. The van der Waals surface area contributed by atoms with Crippen LogP contribution in [0.25, 0.3) is 0 Å². The third kappa shape index (κ3) is 3.69. The van der Waals surface area contributed by atoms with Gasteiger partial charge >= 0.3 is 0 Å². The van der Waals surface area contributed by atoms with Gasteiger partial charge in [0, 0.05) is 11.1 Å². The van der Waals surface area contributed by atoms with Crippen molar-refractivity contribution >= 4 is 11.6 Å². The predicted octanol–water partition coefficient (Wildman–Crippen LogP) is 3.16. The van der Waals surface area contributed by atoms with E-state index in [9.17, 15) is 9.90 Å². The Morgan fingerprint density at radius 3 is 2.43 bits per heavy atom. The summed E-state index contributed by atoms with van der Waals surface area (Å²) in [5.41, 5.74) is 7.01. The summed E-state index contributed by atoms with van der Waals surface area (Å²) in [6.07, 6.45) is 0. The summed E-state index contributed by atoms with van der Waals surface area (Å²) in [5, 5.41) is 13.4. The van der Waals surface area contributed by atoms with E-state index in [1.807, 2.05) is 39.0 Å². The molecule has 0 atom stereocenters. The van der Waals surface area contributed by atoms with Gasteiger partial charge in [-0.1, -0.05) is 17.7 Å². The SMILES string of the molecule is C/C(=N/NC(=O)c1ccc(O)cc1)c1cc(C)ccc1C. The number of rotatable bonds is 3. The Balaban J connectivity index is 2.14. The van der Waals surface area contributed by atoms with Crippen LogP contribution in [0.3, 0.4) is 0 Å². The smallest absolute Gasteiger partial charge is 0.271 e. The van der Waals surface area contributed by atoms with Gasteiger partial charge in [-0.25, -0.2) is 5.43 Å². The molecular formula is C17H18N2O2. The van der Waals surface area contributed by atoms with Crippen LogP contribution >= 0.6 is 0 Å². The maximum Gasteiger partial charge on any atom is 0.271 e. The fourth-order valence-corrected chi connectivity index (χ4v) is 2.00. The number of hydrazone groups is 1. The average molecular weight is 282 g/mol. The number of phenols is 1. The average Bonchev–Trinajstić information content (AvgIpc) is 2.47. The molecule has 108 valence electrons. The van der Waals surface area contributed by atoms with Gasteiger partial charge in [0.25, 0.3) is 5.91 Å². The Morgan fingerprint density at radius 1 is 1.10 bits per heavy atom. The van der Waals surface area contributed by atoms with Crippen LogP contribution < -0.4 is 5.43 Å². The zero-order valence-electron chi connectivity index (χ0n) is 12.3. The Morgan fingerprint density at radius 2 is 1.76 bits per heavy atom. The molecule has 2 rings (SSSR count). The molecule has 0 fully saturated rings. The molecule has 0 unspecified atom stereocenters. The second kappa shape index (κ2) is 6.22. The molecule has 0 saturated carbocycles. The highest BCUT2D eigenvalue weighted by atomic mass is 16.3. The van der Waals surface area contributed by atoms with E-state index in [-0.39, 0.29) is 11.7 Å². The monoisotopic (exact) mass is 282 g/mol. The van der Waals surface area contributed by atoms with Crippen molar-refractivity contribution in [2.24, 2.45) is 5.10 Å². The van der Waals surface area contributed by atoms with Crippen molar-refractivity contribution in [1.82, 2.24) is 5.43 Å². The molecule has 2 aromatic carbocycles. The number of nitrogens with one attached hydrogen (secondary N) is 1. The number of hydrogen-bond acceptors (Lipinski definition) is 3. The first-order valence-electron chi connectivity index (χ1n) is 6.68. The van der Waals surface area contributed by atoms with E-state index < -0.39 is 0 Å². The van der Waals surface area contributed by atoms with Gasteiger partial charge in [0.1, 0.15) is 5.75 Å². The Hall–Kier alpha value is -2.62. The lowest BCUT2D eigenvalue weighted by Crippen LogP contribution is -2.19. The van der Waals surface area contributed by atoms with E-state index in [1.165, 1.54) is 12.1 Å². The minimum absolute atomic E-state index is 0.126. The molecule has 0 aliphatic heterocycles. The molecule has 2 aromatic rings. The van der Waals surface area contributed by atoms with Crippen LogP contribution in [0.2, 0.25) is 0 Å². The fourth-order valence-electron chi connectivity index (χ4n) is 2.00. The van der Waals surface area contributed by atoms with Crippen molar-refractivity contribution in [3.63, 3.8) is 0 Å². The molecule has 1 amide bonds. The fraction of sp³-hybridized carbons (Fsp3) is 0.176. The summed E-state index contributed by atoms with van der Waals surface area (Å²) >= 11 is 0.